The van der Waals surface area contributed by atoms with Gasteiger partial charge in [0.1, 0.15) is 23.9 Å². The molecule has 29 heavy (non-hydrogen) atoms. The Hall–Kier alpha value is -3.40. The molecule has 3 nitrogen and oxygen atoms in total. The summed E-state index contributed by atoms with van der Waals surface area (Å²) in [7, 11) is 1.61. The van der Waals surface area contributed by atoms with Crippen molar-refractivity contribution in [2.45, 2.75) is 20.0 Å². The molecule has 3 aromatic carbocycles. The first-order valence-corrected chi connectivity index (χ1v) is 9.45. The lowest BCUT2D eigenvalue weighted by molar-refractivity contribution is 0.104. The molecule has 148 valence electrons. The van der Waals surface area contributed by atoms with Crippen LogP contribution in [0.1, 0.15) is 34.0 Å². The average molecular weight is 390 g/mol. The predicted octanol–water partition coefficient (Wildman–Crippen LogP) is 5.87. The number of ether oxygens (including phenoxy) is 2. The highest BCUT2D eigenvalue weighted by atomic mass is 19.1. The van der Waals surface area contributed by atoms with Crippen molar-refractivity contribution < 1.29 is 18.7 Å². The molecule has 4 heteroatoms. The van der Waals surface area contributed by atoms with Crippen molar-refractivity contribution in [3.8, 4) is 11.5 Å². The number of allylic oxidation sites excluding steroid dienone is 1. The van der Waals surface area contributed by atoms with Gasteiger partial charge in [0.15, 0.2) is 5.78 Å². The average Bonchev–Trinajstić information content (AvgIpc) is 2.77. The van der Waals surface area contributed by atoms with E-state index in [0.717, 1.165) is 29.0 Å². The Kier molecular flexibility index (Phi) is 6.80. The Bertz CT molecular complexity index is 990. The number of hydrogen-bond acceptors (Lipinski definition) is 3. The van der Waals surface area contributed by atoms with Gasteiger partial charge in [-0.25, -0.2) is 4.39 Å². The van der Waals surface area contributed by atoms with Gasteiger partial charge in [-0.2, -0.15) is 0 Å². The molecule has 0 amide bonds. The summed E-state index contributed by atoms with van der Waals surface area (Å²) in [6.07, 6.45) is 4.19. The zero-order valence-corrected chi connectivity index (χ0v) is 16.5. The molecule has 0 spiro atoms. The van der Waals surface area contributed by atoms with Crippen molar-refractivity contribution in [1.29, 1.82) is 0 Å². The fourth-order valence-corrected chi connectivity index (χ4v) is 2.88. The lowest BCUT2D eigenvalue weighted by Gasteiger charge is -2.11. The quantitative estimate of drug-likeness (QED) is 0.356. The Morgan fingerprint density at radius 1 is 1.00 bits per heavy atom. The van der Waals surface area contributed by atoms with Crippen LogP contribution in [-0.2, 0) is 13.0 Å². The Labute approximate surface area is 170 Å². The number of ketones is 1. The standard InChI is InChI=1S/C25H23FO3/c1-3-18-4-12-23(13-5-18)29-17-21-16-19(7-15-25(21)28-2)6-14-24(27)20-8-10-22(26)11-9-20/h4-16H,3,17H2,1-2H3/b14-6+. The zero-order chi connectivity index (χ0) is 20.6. The SMILES string of the molecule is CCc1ccc(OCc2cc(/C=C/C(=O)c3ccc(F)cc3)ccc2OC)cc1. The number of methoxy groups -OCH3 is 1. The number of rotatable bonds is 8. The second-order valence-electron chi connectivity index (χ2n) is 6.56. The third-order valence-electron chi connectivity index (χ3n) is 4.59. The first-order valence-electron chi connectivity index (χ1n) is 9.45. The highest BCUT2D eigenvalue weighted by Gasteiger charge is 2.06. The molecule has 3 rings (SSSR count). The van der Waals surface area contributed by atoms with Crippen LogP contribution in [0, 0.1) is 5.82 Å². The van der Waals surface area contributed by atoms with E-state index < -0.39 is 0 Å². The lowest BCUT2D eigenvalue weighted by Crippen LogP contribution is -1.99. The van der Waals surface area contributed by atoms with E-state index >= 15 is 0 Å². The summed E-state index contributed by atoms with van der Waals surface area (Å²) < 4.78 is 24.3. The summed E-state index contributed by atoms with van der Waals surface area (Å²) in [6, 6.07) is 19.1. The van der Waals surface area contributed by atoms with E-state index in [4.69, 9.17) is 9.47 Å². The summed E-state index contributed by atoms with van der Waals surface area (Å²) in [5, 5.41) is 0. The third kappa shape index (κ3) is 5.55. The van der Waals surface area contributed by atoms with Crippen molar-refractivity contribution >= 4 is 11.9 Å². The summed E-state index contributed by atoms with van der Waals surface area (Å²) in [6.45, 7) is 2.46. The molecule has 0 aliphatic rings. The van der Waals surface area contributed by atoms with Gasteiger partial charge in [-0.15, -0.1) is 0 Å². The smallest absolute Gasteiger partial charge is 0.185 e. The van der Waals surface area contributed by atoms with Gasteiger partial charge in [0.05, 0.1) is 7.11 Å². The third-order valence-corrected chi connectivity index (χ3v) is 4.59. The number of benzene rings is 3. The molecular weight excluding hydrogens is 367 g/mol. The van der Waals surface area contributed by atoms with Gasteiger partial charge in [0.25, 0.3) is 0 Å². The van der Waals surface area contributed by atoms with Crippen LogP contribution in [0.4, 0.5) is 4.39 Å². The van der Waals surface area contributed by atoms with Gasteiger partial charge in [0.2, 0.25) is 0 Å². The van der Waals surface area contributed by atoms with E-state index in [2.05, 4.69) is 6.92 Å². The number of carbonyl (C=O) groups excluding carboxylic acids is 1. The number of carbonyl (C=O) groups is 1. The summed E-state index contributed by atoms with van der Waals surface area (Å²) in [4.78, 5) is 12.2. The van der Waals surface area contributed by atoms with Crippen molar-refractivity contribution in [2.24, 2.45) is 0 Å². The maximum Gasteiger partial charge on any atom is 0.185 e. The number of hydrogen-bond donors (Lipinski definition) is 0. The maximum absolute atomic E-state index is 13.0. The fourth-order valence-electron chi connectivity index (χ4n) is 2.88. The Morgan fingerprint density at radius 3 is 2.38 bits per heavy atom. The van der Waals surface area contributed by atoms with Crippen LogP contribution in [0.5, 0.6) is 11.5 Å². The largest absolute Gasteiger partial charge is 0.496 e. The van der Waals surface area contributed by atoms with E-state index in [1.54, 1.807) is 13.2 Å². The number of halogens is 1. The molecule has 0 heterocycles. The summed E-state index contributed by atoms with van der Waals surface area (Å²) >= 11 is 0. The van der Waals surface area contributed by atoms with Crippen molar-refractivity contribution in [1.82, 2.24) is 0 Å². The second kappa shape index (κ2) is 9.69. The van der Waals surface area contributed by atoms with Crippen LogP contribution in [0.25, 0.3) is 6.08 Å². The summed E-state index contributed by atoms with van der Waals surface area (Å²) in [5.41, 5.74) is 3.42. The molecule has 0 fully saturated rings. The van der Waals surface area contributed by atoms with Gasteiger partial charge in [-0.3, -0.25) is 4.79 Å². The van der Waals surface area contributed by atoms with Crippen LogP contribution >= 0.6 is 0 Å². The number of aryl methyl sites for hydroxylation is 1. The van der Waals surface area contributed by atoms with Gasteiger partial charge < -0.3 is 9.47 Å². The van der Waals surface area contributed by atoms with Gasteiger partial charge in [-0.05, 0) is 72.2 Å². The van der Waals surface area contributed by atoms with Crippen molar-refractivity contribution in [2.75, 3.05) is 7.11 Å². The van der Waals surface area contributed by atoms with Crippen LogP contribution in [-0.4, -0.2) is 12.9 Å². The van der Waals surface area contributed by atoms with Crippen molar-refractivity contribution in [3.05, 3.63) is 101 Å². The van der Waals surface area contributed by atoms with E-state index in [0.29, 0.717) is 12.2 Å². The molecular formula is C25H23FO3. The molecule has 0 aliphatic heterocycles. The summed E-state index contributed by atoms with van der Waals surface area (Å²) in [5.74, 6) is 0.957. The zero-order valence-electron chi connectivity index (χ0n) is 16.5. The highest BCUT2D eigenvalue weighted by molar-refractivity contribution is 6.06. The van der Waals surface area contributed by atoms with Gasteiger partial charge >= 0.3 is 0 Å². The molecule has 0 radical (unpaired) electrons. The van der Waals surface area contributed by atoms with Crippen LogP contribution < -0.4 is 9.47 Å². The lowest BCUT2D eigenvalue weighted by atomic mass is 10.1. The first kappa shape index (κ1) is 20.3. The minimum atomic E-state index is -0.366. The normalized spacial score (nSPS) is 10.9. The molecule has 0 aliphatic carbocycles. The fraction of sp³-hybridized carbons (Fsp3) is 0.160. The monoisotopic (exact) mass is 390 g/mol. The molecule has 0 saturated carbocycles. The van der Waals surface area contributed by atoms with Crippen LogP contribution in [0.2, 0.25) is 0 Å². The van der Waals surface area contributed by atoms with E-state index in [1.807, 2.05) is 42.5 Å². The molecule has 0 bridgehead atoms. The first-order chi connectivity index (χ1) is 14.1. The highest BCUT2D eigenvalue weighted by Crippen LogP contribution is 2.23. The van der Waals surface area contributed by atoms with E-state index in [9.17, 15) is 9.18 Å². The van der Waals surface area contributed by atoms with E-state index in [1.165, 1.54) is 35.9 Å². The van der Waals surface area contributed by atoms with Crippen LogP contribution in [0.3, 0.4) is 0 Å². The predicted molar refractivity (Wildman–Crippen MR) is 113 cm³/mol. The molecule has 0 N–H and O–H groups in total. The minimum Gasteiger partial charge on any atom is -0.496 e. The molecule has 3 aromatic rings. The topological polar surface area (TPSA) is 35.5 Å². The van der Waals surface area contributed by atoms with Crippen LogP contribution in [0.15, 0.2) is 72.8 Å². The molecule has 0 atom stereocenters. The van der Waals surface area contributed by atoms with Gasteiger partial charge in [-0.1, -0.05) is 31.2 Å². The Balaban J connectivity index is 1.71. The second-order valence-corrected chi connectivity index (χ2v) is 6.56. The minimum absolute atomic E-state index is 0.186. The van der Waals surface area contributed by atoms with Crippen molar-refractivity contribution in [3.63, 3.8) is 0 Å². The van der Waals surface area contributed by atoms with E-state index in [-0.39, 0.29) is 11.6 Å². The maximum atomic E-state index is 13.0. The molecule has 0 aromatic heterocycles. The van der Waals surface area contributed by atoms with Gasteiger partial charge in [0, 0.05) is 11.1 Å². The Morgan fingerprint density at radius 2 is 1.72 bits per heavy atom. The molecule has 0 saturated heterocycles. The molecule has 0 unspecified atom stereocenters.